The van der Waals surface area contributed by atoms with Crippen molar-refractivity contribution in [2.75, 3.05) is 4.90 Å². The third kappa shape index (κ3) is 7.05. The third-order valence-electron chi connectivity index (χ3n) is 15.4. The monoisotopic (exact) mass is 954 g/mol. The number of hydrogen-bond donors (Lipinski definition) is 0. The molecule has 0 bridgehead atoms. The van der Waals surface area contributed by atoms with Crippen molar-refractivity contribution in [2.45, 2.75) is 0 Å². The second-order valence-corrected chi connectivity index (χ2v) is 19.6. The number of nitrogens with zero attached hydrogens (tertiary/aromatic N) is 2. The predicted molar refractivity (Wildman–Crippen MR) is 317 cm³/mol. The normalized spacial score (nSPS) is 11.7. The van der Waals surface area contributed by atoms with Crippen molar-refractivity contribution in [2.24, 2.45) is 0 Å². The van der Waals surface area contributed by atoms with Crippen LogP contribution in [0.25, 0.3) is 126 Å². The van der Waals surface area contributed by atoms with E-state index in [1.54, 1.807) is 0 Å². The molecule has 0 aliphatic rings. The molecule has 0 unspecified atom stereocenters. The lowest BCUT2D eigenvalue weighted by Gasteiger charge is -2.26. The van der Waals surface area contributed by atoms with Crippen LogP contribution in [-0.4, -0.2) is 4.57 Å². The summed E-state index contributed by atoms with van der Waals surface area (Å²) in [6.07, 6.45) is 0. The molecule has 0 radical (unpaired) electrons. The number of benzene rings is 13. The first-order chi connectivity index (χ1) is 37.2. The Morgan fingerprint density at radius 2 is 0.747 bits per heavy atom. The van der Waals surface area contributed by atoms with Crippen molar-refractivity contribution in [3.8, 4) is 50.2 Å². The van der Waals surface area contributed by atoms with E-state index in [2.05, 4.69) is 289 Å². The molecule has 0 amide bonds. The lowest BCUT2D eigenvalue weighted by atomic mass is 9.92. The van der Waals surface area contributed by atoms with Gasteiger partial charge in [-0.15, -0.1) is 0 Å². The molecule has 0 fully saturated rings. The molecule has 0 spiro atoms. The summed E-state index contributed by atoms with van der Waals surface area (Å²) in [5.41, 5.74) is 17.8. The minimum atomic E-state index is 0.902. The zero-order valence-corrected chi connectivity index (χ0v) is 40.9. The molecule has 15 aromatic rings. The van der Waals surface area contributed by atoms with E-state index >= 15 is 0 Å². The Kier molecular flexibility index (Phi) is 9.89. The van der Waals surface area contributed by atoms with Gasteiger partial charge in [0, 0.05) is 55.1 Å². The van der Waals surface area contributed by atoms with Crippen LogP contribution in [0.5, 0.6) is 0 Å². The lowest BCUT2D eigenvalue weighted by Crippen LogP contribution is -2.09. The number of para-hydroxylation sites is 4. The summed E-state index contributed by atoms with van der Waals surface area (Å²) in [5, 5.41) is 12.1. The fourth-order valence-electron chi connectivity index (χ4n) is 11.8. The zero-order chi connectivity index (χ0) is 49.4. The van der Waals surface area contributed by atoms with Crippen molar-refractivity contribution >= 4 is 93.1 Å². The first-order valence-corrected chi connectivity index (χ1v) is 25.7. The standard InChI is InChI=1S/C72H46N2O/c1-4-21-59-48(15-1)37-44-66-65-27-14-26-60(71(65)75-72(59)66)50-35-42-56(43-36-50)73(55-40-33-49(34-41-55)58-20-7-10-28-68(58)74-69-29-11-8-24-63(69)64-25-9-12-30-70(64)74)54-38-31-47(32-39-54)51-17-13-18-52(45-51)67-46-53-16-2-3-19-57(53)61-22-5-6-23-62(61)67/h1-46H. The maximum Gasteiger partial charge on any atom is 0.143 e. The molecular weight excluding hydrogens is 909 g/mol. The number of rotatable bonds is 8. The highest BCUT2D eigenvalue weighted by Gasteiger charge is 2.20. The fraction of sp³-hybridized carbons (Fsp3) is 0. The molecule has 0 atom stereocenters. The fourth-order valence-corrected chi connectivity index (χ4v) is 11.8. The highest BCUT2D eigenvalue weighted by molar-refractivity contribution is 6.18. The highest BCUT2D eigenvalue weighted by Crippen LogP contribution is 2.43. The molecule has 13 aromatic carbocycles. The van der Waals surface area contributed by atoms with Gasteiger partial charge in [-0.25, -0.2) is 0 Å². The Morgan fingerprint density at radius 1 is 0.253 bits per heavy atom. The molecule has 75 heavy (non-hydrogen) atoms. The minimum absolute atomic E-state index is 0.902. The van der Waals surface area contributed by atoms with Crippen LogP contribution >= 0.6 is 0 Å². The second-order valence-electron chi connectivity index (χ2n) is 19.6. The van der Waals surface area contributed by atoms with Gasteiger partial charge in [0.1, 0.15) is 11.2 Å². The summed E-state index contributed by atoms with van der Waals surface area (Å²) in [6.45, 7) is 0. The largest absolute Gasteiger partial charge is 0.455 e. The molecule has 2 aromatic heterocycles. The van der Waals surface area contributed by atoms with E-state index in [4.69, 9.17) is 4.42 Å². The SMILES string of the molecule is c1cc(-c2ccc(N(c3ccc(-c4ccccc4-n4c5ccccc5c5ccccc54)cc3)c3ccc(-c4cccc5c4oc4c6ccccc6ccc54)cc3)cc2)cc(-c2cc3ccccc3c3ccccc23)c1. The van der Waals surface area contributed by atoms with Gasteiger partial charge in [-0.1, -0.05) is 206 Å². The Bertz CT molecular complexity index is 4640. The Balaban J connectivity index is 0.826. The van der Waals surface area contributed by atoms with Crippen molar-refractivity contribution in [3.05, 3.63) is 279 Å². The lowest BCUT2D eigenvalue weighted by molar-refractivity contribution is 0.674. The molecule has 0 aliphatic carbocycles. The quantitative estimate of drug-likeness (QED) is 0.142. The predicted octanol–water partition coefficient (Wildman–Crippen LogP) is 20.3. The van der Waals surface area contributed by atoms with Crippen LogP contribution in [0.4, 0.5) is 17.1 Å². The van der Waals surface area contributed by atoms with Crippen molar-refractivity contribution in [1.82, 2.24) is 4.57 Å². The molecule has 0 saturated heterocycles. The van der Waals surface area contributed by atoms with Crippen LogP contribution in [0.15, 0.2) is 283 Å². The molecule has 3 nitrogen and oxygen atoms in total. The average Bonchev–Trinajstić information content (AvgIpc) is 4.08. The van der Waals surface area contributed by atoms with Crippen LogP contribution in [-0.2, 0) is 0 Å². The number of anilines is 3. The first kappa shape index (κ1) is 42.7. The number of furan rings is 1. The van der Waals surface area contributed by atoms with E-state index < -0.39 is 0 Å². The number of fused-ring (bicyclic) bond motifs is 11. The summed E-state index contributed by atoms with van der Waals surface area (Å²) >= 11 is 0. The summed E-state index contributed by atoms with van der Waals surface area (Å²) in [4.78, 5) is 2.36. The molecule has 0 N–H and O–H groups in total. The number of aromatic nitrogens is 1. The Labute approximate surface area is 434 Å². The molecule has 0 saturated carbocycles. The zero-order valence-electron chi connectivity index (χ0n) is 40.9. The maximum absolute atomic E-state index is 6.79. The van der Waals surface area contributed by atoms with Crippen LogP contribution in [0.2, 0.25) is 0 Å². The van der Waals surface area contributed by atoms with E-state index in [-0.39, 0.29) is 0 Å². The first-order valence-electron chi connectivity index (χ1n) is 25.7. The summed E-state index contributed by atoms with van der Waals surface area (Å²) in [5.74, 6) is 0. The van der Waals surface area contributed by atoms with Crippen LogP contribution in [0, 0.1) is 0 Å². The molecule has 0 aliphatic heterocycles. The van der Waals surface area contributed by atoms with Gasteiger partial charge in [0.15, 0.2) is 0 Å². The van der Waals surface area contributed by atoms with E-state index in [9.17, 15) is 0 Å². The Morgan fingerprint density at radius 3 is 1.45 bits per heavy atom. The molecule has 350 valence electrons. The Hall–Kier alpha value is -9.96. The molecule has 3 heteroatoms. The summed E-state index contributed by atoms with van der Waals surface area (Å²) < 4.78 is 9.21. The van der Waals surface area contributed by atoms with E-state index in [0.717, 1.165) is 72.3 Å². The second kappa shape index (κ2) is 17.4. The number of hydrogen-bond acceptors (Lipinski definition) is 2. The molecule has 2 heterocycles. The highest BCUT2D eigenvalue weighted by atomic mass is 16.3. The smallest absolute Gasteiger partial charge is 0.143 e. The summed E-state index contributed by atoms with van der Waals surface area (Å²) in [6, 6.07) is 101. The minimum Gasteiger partial charge on any atom is -0.455 e. The van der Waals surface area contributed by atoms with Crippen LogP contribution in [0.3, 0.4) is 0 Å². The van der Waals surface area contributed by atoms with Gasteiger partial charge in [-0.3, -0.25) is 0 Å². The van der Waals surface area contributed by atoms with Gasteiger partial charge < -0.3 is 13.9 Å². The van der Waals surface area contributed by atoms with Crippen molar-refractivity contribution in [1.29, 1.82) is 0 Å². The van der Waals surface area contributed by atoms with E-state index in [1.807, 2.05) is 0 Å². The maximum atomic E-state index is 6.79. The van der Waals surface area contributed by atoms with Gasteiger partial charge in [-0.2, -0.15) is 0 Å². The van der Waals surface area contributed by atoms with Gasteiger partial charge in [0.05, 0.1) is 16.7 Å². The van der Waals surface area contributed by atoms with Gasteiger partial charge in [0.2, 0.25) is 0 Å². The topological polar surface area (TPSA) is 21.3 Å². The summed E-state index contributed by atoms with van der Waals surface area (Å²) in [7, 11) is 0. The van der Waals surface area contributed by atoms with E-state index in [0.29, 0.717) is 0 Å². The van der Waals surface area contributed by atoms with Crippen molar-refractivity contribution in [3.63, 3.8) is 0 Å². The van der Waals surface area contributed by atoms with Crippen LogP contribution in [0.1, 0.15) is 0 Å². The third-order valence-corrected chi connectivity index (χ3v) is 15.4. The molecule has 15 rings (SSSR count). The van der Waals surface area contributed by atoms with Gasteiger partial charge >= 0.3 is 0 Å². The van der Waals surface area contributed by atoms with Crippen molar-refractivity contribution < 1.29 is 4.42 Å². The van der Waals surface area contributed by atoms with E-state index in [1.165, 1.54) is 71.0 Å². The molecular formula is C72H46N2O. The van der Waals surface area contributed by atoms with Gasteiger partial charge in [0.25, 0.3) is 0 Å². The van der Waals surface area contributed by atoms with Crippen LogP contribution < -0.4 is 4.90 Å². The van der Waals surface area contributed by atoms with Gasteiger partial charge in [-0.05, 0) is 133 Å². The average molecular weight is 955 g/mol.